The van der Waals surface area contributed by atoms with Gasteiger partial charge in [0.05, 0.1) is 0 Å². The molecule has 1 unspecified atom stereocenters. The topological polar surface area (TPSA) is 26.3 Å². The van der Waals surface area contributed by atoms with Gasteiger partial charge in [-0.25, -0.2) is 4.79 Å². The monoisotopic (exact) mass is 272 g/mol. The van der Waals surface area contributed by atoms with Crippen LogP contribution in [0.3, 0.4) is 0 Å². The number of benzene rings is 1. The summed E-state index contributed by atoms with van der Waals surface area (Å²) in [7, 11) is 0. The van der Waals surface area contributed by atoms with Gasteiger partial charge in [0.15, 0.2) is 0 Å². The van der Waals surface area contributed by atoms with Crippen molar-refractivity contribution >= 4 is 5.97 Å². The summed E-state index contributed by atoms with van der Waals surface area (Å²) in [6.45, 7) is 11.5. The summed E-state index contributed by atoms with van der Waals surface area (Å²) in [5.41, 5.74) is 4.03. The quantitative estimate of drug-likeness (QED) is 0.605. The summed E-state index contributed by atoms with van der Waals surface area (Å²) in [6.07, 6.45) is 3.33. The van der Waals surface area contributed by atoms with Gasteiger partial charge in [0.2, 0.25) is 0 Å². The number of carbonyl (C=O) groups is 1. The smallest absolute Gasteiger partial charge is 0.333 e. The van der Waals surface area contributed by atoms with Gasteiger partial charge in [-0.05, 0) is 63.6 Å². The van der Waals surface area contributed by atoms with E-state index in [0.717, 1.165) is 19.3 Å². The first-order valence-corrected chi connectivity index (χ1v) is 7.30. The lowest BCUT2D eigenvalue weighted by atomic mass is 9.73. The van der Waals surface area contributed by atoms with Crippen molar-refractivity contribution in [2.24, 2.45) is 0 Å². The summed E-state index contributed by atoms with van der Waals surface area (Å²) < 4.78 is 5.71. The molecule has 0 aromatic heterocycles. The Morgan fingerprint density at radius 2 is 2.10 bits per heavy atom. The fourth-order valence-electron chi connectivity index (χ4n) is 3.19. The molecule has 2 rings (SSSR count). The van der Waals surface area contributed by atoms with Gasteiger partial charge in [0.1, 0.15) is 5.60 Å². The third-order valence-electron chi connectivity index (χ3n) is 4.25. The number of esters is 1. The molecule has 0 aliphatic heterocycles. The number of fused-ring (bicyclic) bond motifs is 1. The molecule has 0 amide bonds. The van der Waals surface area contributed by atoms with Gasteiger partial charge < -0.3 is 4.74 Å². The molecular weight excluding hydrogens is 248 g/mol. The van der Waals surface area contributed by atoms with Crippen molar-refractivity contribution in [3.63, 3.8) is 0 Å². The SMILES string of the molecule is C=C(C)C(=O)OC(C)(C)C1CCCc2cccc(C)c21. The Hall–Kier alpha value is -1.57. The Morgan fingerprint density at radius 1 is 1.40 bits per heavy atom. The Bertz CT molecular complexity index is 540. The number of aryl methyl sites for hydroxylation is 2. The third-order valence-corrected chi connectivity index (χ3v) is 4.25. The standard InChI is InChI=1S/C18H24O2/c1-12(2)17(19)20-18(4,5)15-11-7-10-14-9-6-8-13(3)16(14)15/h6,8-9,15H,1,7,10-11H2,2-5H3. The fourth-order valence-corrected chi connectivity index (χ4v) is 3.19. The minimum atomic E-state index is -0.503. The molecule has 1 aromatic rings. The van der Waals surface area contributed by atoms with Crippen molar-refractivity contribution in [2.75, 3.05) is 0 Å². The van der Waals surface area contributed by atoms with Gasteiger partial charge in [-0.15, -0.1) is 0 Å². The normalized spacial score (nSPS) is 18.3. The Morgan fingerprint density at radius 3 is 2.75 bits per heavy atom. The molecule has 0 fully saturated rings. The van der Waals surface area contributed by atoms with E-state index in [0.29, 0.717) is 5.57 Å². The molecule has 0 bridgehead atoms. The van der Waals surface area contributed by atoms with Crippen LogP contribution in [0.5, 0.6) is 0 Å². The minimum absolute atomic E-state index is 0.260. The van der Waals surface area contributed by atoms with E-state index in [2.05, 4.69) is 31.7 Å². The Labute approximate surface area is 121 Å². The largest absolute Gasteiger partial charge is 0.456 e. The fraction of sp³-hybridized carbons (Fsp3) is 0.500. The minimum Gasteiger partial charge on any atom is -0.456 e. The summed E-state index contributed by atoms with van der Waals surface area (Å²) in [5.74, 6) is -0.0357. The molecule has 0 heterocycles. The maximum Gasteiger partial charge on any atom is 0.333 e. The van der Waals surface area contributed by atoms with Crippen molar-refractivity contribution in [3.8, 4) is 0 Å². The molecule has 0 saturated heterocycles. The van der Waals surface area contributed by atoms with E-state index in [1.54, 1.807) is 6.92 Å². The molecular formula is C18H24O2. The molecule has 1 aliphatic rings. The van der Waals surface area contributed by atoms with Crippen LogP contribution in [0.2, 0.25) is 0 Å². The van der Waals surface area contributed by atoms with E-state index in [1.165, 1.54) is 16.7 Å². The van der Waals surface area contributed by atoms with Crippen LogP contribution >= 0.6 is 0 Å². The first-order chi connectivity index (χ1) is 9.33. The highest BCUT2D eigenvalue weighted by Crippen LogP contribution is 2.42. The average molecular weight is 272 g/mol. The number of hydrogen-bond donors (Lipinski definition) is 0. The molecule has 1 aromatic carbocycles. The van der Waals surface area contributed by atoms with Crippen LogP contribution in [-0.2, 0) is 16.0 Å². The van der Waals surface area contributed by atoms with Gasteiger partial charge in [-0.3, -0.25) is 0 Å². The van der Waals surface area contributed by atoms with Crippen LogP contribution in [0.1, 0.15) is 56.2 Å². The predicted octanol–water partition coefficient (Wildman–Crippen LogP) is 4.31. The predicted molar refractivity (Wildman–Crippen MR) is 81.8 cm³/mol. The van der Waals surface area contributed by atoms with E-state index in [9.17, 15) is 4.79 Å². The number of hydrogen-bond acceptors (Lipinski definition) is 2. The lowest BCUT2D eigenvalue weighted by Gasteiger charge is -2.38. The zero-order valence-electron chi connectivity index (χ0n) is 13.0. The van der Waals surface area contributed by atoms with E-state index >= 15 is 0 Å². The Kier molecular flexibility index (Phi) is 4.03. The molecule has 2 nitrogen and oxygen atoms in total. The van der Waals surface area contributed by atoms with Gasteiger partial charge in [0, 0.05) is 11.5 Å². The van der Waals surface area contributed by atoms with Crippen LogP contribution in [0.15, 0.2) is 30.4 Å². The number of rotatable bonds is 3. The van der Waals surface area contributed by atoms with Gasteiger partial charge in [0.25, 0.3) is 0 Å². The van der Waals surface area contributed by atoms with Crippen molar-refractivity contribution in [1.82, 2.24) is 0 Å². The van der Waals surface area contributed by atoms with Crippen LogP contribution < -0.4 is 0 Å². The third kappa shape index (κ3) is 2.79. The summed E-state index contributed by atoms with van der Waals surface area (Å²) in [6, 6.07) is 6.46. The lowest BCUT2D eigenvalue weighted by Crippen LogP contribution is -2.37. The van der Waals surface area contributed by atoms with Crippen molar-refractivity contribution in [2.45, 2.75) is 58.5 Å². The molecule has 1 aliphatic carbocycles. The highest BCUT2D eigenvalue weighted by molar-refractivity contribution is 5.87. The van der Waals surface area contributed by atoms with Crippen molar-refractivity contribution in [3.05, 3.63) is 47.0 Å². The van der Waals surface area contributed by atoms with Gasteiger partial charge in [-0.1, -0.05) is 24.8 Å². The number of ether oxygens (including phenoxy) is 1. The van der Waals surface area contributed by atoms with Crippen molar-refractivity contribution in [1.29, 1.82) is 0 Å². The molecule has 0 spiro atoms. The van der Waals surface area contributed by atoms with Gasteiger partial charge >= 0.3 is 5.97 Å². The maximum absolute atomic E-state index is 11.9. The van der Waals surface area contributed by atoms with E-state index in [-0.39, 0.29) is 11.9 Å². The Balaban J connectivity index is 2.35. The van der Waals surface area contributed by atoms with E-state index in [4.69, 9.17) is 4.74 Å². The second-order valence-electron chi connectivity index (χ2n) is 6.37. The zero-order valence-corrected chi connectivity index (χ0v) is 13.0. The molecule has 1 atom stereocenters. The highest BCUT2D eigenvalue weighted by atomic mass is 16.6. The summed E-state index contributed by atoms with van der Waals surface area (Å²) in [5, 5.41) is 0. The van der Waals surface area contributed by atoms with Crippen LogP contribution in [0.4, 0.5) is 0 Å². The van der Waals surface area contributed by atoms with Crippen LogP contribution in [-0.4, -0.2) is 11.6 Å². The lowest BCUT2D eigenvalue weighted by molar-refractivity contribution is -0.154. The second kappa shape index (κ2) is 5.43. The molecule has 0 N–H and O–H groups in total. The summed E-state index contributed by atoms with van der Waals surface area (Å²) >= 11 is 0. The summed E-state index contributed by atoms with van der Waals surface area (Å²) in [4.78, 5) is 11.9. The molecule has 108 valence electrons. The number of carbonyl (C=O) groups excluding carboxylic acids is 1. The van der Waals surface area contributed by atoms with E-state index < -0.39 is 5.60 Å². The highest BCUT2D eigenvalue weighted by Gasteiger charge is 2.37. The first kappa shape index (κ1) is 14.8. The van der Waals surface area contributed by atoms with Crippen LogP contribution in [0.25, 0.3) is 0 Å². The molecule has 2 heteroatoms. The average Bonchev–Trinajstić information content (AvgIpc) is 2.37. The van der Waals surface area contributed by atoms with Crippen LogP contribution in [0, 0.1) is 6.92 Å². The second-order valence-corrected chi connectivity index (χ2v) is 6.37. The zero-order chi connectivity index (χ0) is 14.9. The molecule has 0 radical (unpaired) electrons. The molecule has 20 heavy (non-hydrogen) atoms. The maximum atomic E-state index is 11.9. The first-order valence-electron chi connectivity index (χ1n) is 7.30. The molecule has 0 saturated carbocycles. The van der Waals surface area contributed by atoms with Gasteiger partial charge in [-0.2, -0.15) is 0 Å². The van der Waals surface area contributed by atoms with Crippen molar-refractivity contribution < 1.29 is 9.53 Å². The van der Waals surface area contributed by atoms with E-state index in [1.807, 2.05) is 13.8 Å².